The zero-order valence-corrected chi connectivity index (χ0v) is 11.8. The van der Waals surface area contributed by atoms with E-state index in [4.69, 9.17) is 0 Å². The van der Waals surface area contributed by atoms with E-state index in [-0.39, 0.29) is 17.9 Å². The van der Waals surface area contributed by atoms with Crippen molar-refractivity contribution in [3.63, 3.8) is 0 Å². The summed E-state index contributed by atoms with van der Waals surface area (Å²) in [6.45, 7) is 6.47. The molecule has 0 saturated carbocycles. The largest absolute Gasteiger partial charge is 0.338 e. The Morgan fingerprint density at radius 1 is 1.41 bits per heavy atom. The number of nitrogens with one attached hydrogen (secondary N) is 1. The van der Waals surface area contributed by atoms with E-state index in [0.717, 1.165) is 32.4 Å². The van der Waals surface area contributed by atoms with Crippen molar-refractivity contribution < 1.29 is 4.79 Å². The van der Waals surface area contributed by atoms with Crippen LogP contribution in [0.25, 0.3) is 0 Å². The van der Waals surface area contributed by atoms with Crippen molar-refractivity contribution in [3.05, 3.63) is 0 Å². The first-order chi connectivity index (χ1) is 7.59. The van der Waals surface area contributed by atoms with Gasteiger partial charge in [-0.05, 0) is 52.5 Å². The summed E-state index contributed by atoms with van der Waals surface area (Å²) in [7, 11) is 0. The maximum Gasteiger partial charge on any atom is 0.223 e. The van der Waals surface area contributed by atoms with E-state index in [1.54, 1.807) is 0 Å². The molecule has 4 heteroatoms. The van der Waals surface area contributed by atoms with Gasteiger partial charge in [0.1, 0.15) is 0 Å². The third-order valence-electron chi connectivity index (χ3n) is 4.07. The number of hydrogen-bond donors (Lipinski definition) is 1. The highest BCUT2D eigenvalue weighted by Gasteiger charge is 2.35. The van der Waals surface area contributed by atoms with Gasteiger partial charge in [0.2, 0.25) is 5.91 Å². The fraction of sp³-hybridized carbons (Fsp3) is 0.923. The summed E-state index contributed by atoms with van der Waals surface area (Å²) in [5.74, 6) is 0.358. The number of halogens is 1. The Kier molecular flexibility index (Phi) is 5.26. The number of carbonyl (C=O) groups excluding carboxylic acids is 1. The Morgan fingerprint density at radius 3 is 2.71 bits per heavy atom. The summed E-state index contributed by atoms with van der Waals surface area (Å²) in [6, 6.07) is 0.592. The summed E-state index contributed by atoms with van der Waals surface area (Å²) in [5.41, 5.74) is 0.0974. The maximum atomic E-state index is 12.1. The van der Waals surface area contributed by atoms with Crippen molar-refractivity contribution in [1.29, 1.82) is 0 Å². The Hall–Kier alpha value is -0.280. The Labute approximate surface area is 111 Å². The normalized spacial score (nSPS) is 26.9. The number of carbonyl (C=O) groups is 1. The zero-order valence-electron chi connectivity index (χ0n) is 11.0. The first-order valence-electron chi connectivity index (χ1n) is 6.63. The lowest BCUT2D eigenvalue weighted by molar-refractivity contribution is -0.134. The maximum absolute atomic E-state index is 12.1. The molecule has 1 amide bonds. The molecule has 0 radical (unpaired) electrons. The van der Waals surface area contributed by atoms with Crippen LogP contribution in [0.2, 0.25) is 0 Å². The van der Waals surface area contributed by atoms with Crippen molar-refractivity contribution in [2.45, 2.75) is 64.0 Å². The quantitative estimate of drug-likeness (QED) is 0.845. The lowest BCUT2D eigenvalue weighted by Gasteiger charge is -2.32. The molecule has 2 rings (SSSR count). The van der Waals surface area contributed by atoms with Crippen LogP contribution in [-0.4, -0.2) is 35.5 Å². The highest BCUT2D eigenvalue weighted by Crippen LogP contribution is 2.29. The van der Waals surface area contributed by atoms with Gasteiger partial charge in [-0.3, -0.25) is 4.79 Å². The van der Waals surface area contributed by atoms with E-state index in [2.05, 4.69) is 24.1 Å². The van der Waals surface area contributed by atoms with Crippen LogP contribution in [-0.2, 0) is 4.79 Å². The van der Waals surface area contributed by atoms with Crippen molar-refractivity contribution in [2.75, 3.05) is 13.1 Å². The van der Waals surface area contributed by atoms with Gasteiger partial charge in [0.25, 0.3) is 0 Å². The van der Waals surface area contributed by atoms with Gasteiger partial charge in [0.05, 0.1) is 0 Å². The number of likely N-dealkylation sites (tertiary alicyclic amines) is 1. The molecule has 17 heavy (non-hydrogen) atoms. The van der Waals surface area contributed by atoms with E-state index < -0.39 is 0 Å². The fourth-order valence-corrected chi connectivity index (χ4v) is 3.01. The topological polar surface area (TPSA) is 32.3 Å². The molecular formula is C13H25ClN2O. The van der Waals surface area contributed by atoms with Gasteiger partial charge in [-0.25, -0.2) is 0 Å². The third-order valence-corrected chi connectivity index (χ3v) is 4.07. The van der Waals surface area contributed by atoms with Gasteiger partial charge in [-0.1, -0.05) is 0 Å². The van der Waals surface area contributed by atoms with Crippen LogP contribution in [0.15, 0.2) is 0 Å². The first kappa shape index (κ1) is 14.8. The zero-order chi connectivity index (χ0) is 11.6. The molecule has 0 aromatic carbocycles. The van der Waals surface area contributed by atoms with Crippen LogP contribution in [0.5, 0.6) is 0 Å². The number of rotatable bonds is 3. The van der Waals surface area contributed by atoms with Crippen LogP contribution in [0.1, 0.15) is 52.4 Å². The van der Waals surface area contributed by atoms with Crippen LogP contribution in [0, 0.1) is 0 Å². The van der Waals surface area contributed by atoms with Crippen molar-refractivity contribution in [3.8, 4) is 0 Å². The lowest BCUT2D eigenvalue weighted by atomic mass is 10.0. The molecule has 100 valence electrons. The molecular weight excluding hydrogens is 236 g/mol. The Morgan fingerprint density at radius 2 is 2.18 bits per heavy atom. The van der Waals surface area contributed by atoms with E-state index in [0.29, 0.717) is 11.9 Å². The van der Waals surface area contributed by atoms with E-state index in [1.165, 1.54) is 19.3 Å². The van der Waals surface area contributed by atoms with Gasteiger partial charge >= 0.3 is 0 Å². The van der Waals surface area contributed by atoms with Gasteiger partial charge in [0.15, 0.2) is 0 Å². The van der Waals surface area contributed by atoms with E-state index >= 15 is 0 Å². The molecule has 2 aliphatic heterocycles. The first-order valence-corrected chi connectivity index (χ1v) is 6.63. The van der Waals surface area contributed by atoms with Crippen molar-refractivity contribution in [2.24, 2.45) is 0 Å². The monoisotopic (exact) mass is 260 g/mol. The molecule has 0 aromatic heterocycles. The van der Waals surface area contributed by atoms with Gasteiger partial charge in [0, 0.05) is 24.5 Å². The van der Waals surface area contributed by atoms with Crippen LogP contribution in [0.3, 0.4) is 0 Å². The second-order valence-electron chi connectivity index (χ2n) is 5.79. The van der Waals surface area contributed by atoms with Crippen molar-refractivity contribution >= 4 is 18.3 Å². The summed E-state index contributed by atoms with van der Waals surface area (Å²) in [6.07, 6.45) is 6.58. The van der Waals surface area contributed by atoms with Crippen LogP contribution in [0.4, 0.5) is 0 Å². The molecule has 3 nitrogen and oxygen atoms in total. The predicted molar refractivity (Wildman–Crippen MR) is 72.5 cm³/mol. The number of nitrogens with zero attached hydrogens (tertiary/aromatic N) is 1. The fourth-order valence-electron chi connectivity index (χ4n) is 3.01. The lowest BCUT2D eigenvalue weighted by Crippen LogP contribution is -2.43. The van der Waals surface area contributed by atoms with Crippen LogP contribution >= 0.6 is 12.4 Å². The van der Waals surface area contributed by atoms with Gasteiger partial charge in [-0.2, -0.15) is 0 Å². The predicted octanol–water partition coefficient (Wildman–Crippen LogP) is 2.34. The highest BCUT2D eigenvalue weighted by atomic mass is 35.5. The molecule has 2 heterocycles. The van der Waals surface area contributed by atoms with Gasteiger partial charge in [-0.15, -0.1) is 12.4 Å². The molecule has 2 fully saturated rings. The van der Waals surface area contributed by atoms with Crippen molar-refractivity contribution in [1.82, 2.24) is 10.2 Å². The molecule has 0 spiro atoms. The molecule has 2 saturated heterocycles. The number of hydrogen-bond acceptors (Lipinski definition) is 2. The molecule has 1 atom stereocenters. The minimum absolute atomic E-state index is 0. The summed E-state index contributed by atoms with van der Waals surface area (Å²) in [4.78, 5) is 14.2. The molecule has 1 N–H and O–H groups in total. The van der Waals surface area contributed by atoms with E-state index in [9.17, 15) is 4.79 Å². The second kappa shape index (κ2) is 6.05. The minimum Gasteiger partial charge on any atom is -0.338 e. The molecule has 0 aromatic rings. The molecule has 0 bridgehead atoms. The molecule has 0 aliphatic carbocycles. The SMILES string of the molecule is CC1(C)CCCN1C(=O)CCC1CCCN1.Cl. The second-order valence-corrected chi connectivity index (χ2v) is 5.79. The average molecular weight is 261 g/mol. The minimum atomic E-state index is 0. The van der Waals surface area contributed by atoms with Gasteiger partial charge < -0.3 is 10.2 Å². The van der Waals surface area contributed by atoms with E-state index in [1.807, 2.05) is 0 Å². The molecule has 1 unspecified atom stereocenters. The highest BCUT2D eigenvalue weighted by molar-refractivity contribution is 5.85. The smallest absolute Gasteiger partial charge is 0.223 e. The standard InChI is InChI=1S/C13H24N2O.ClH/c1-13(2)8-4-10-15(13)12(16)7-6-11-5-3-9-14-11;/h11,14H,3-10H2,1-2H3;1H. The van der Waals surface area contributed by atoms with Crippen LogP contribution < -0.4 is 5.32 Å². The summed E-state index contributed by atoms with van der Waals surface area (Å²) in [5, 5.41) is 3.45. The summed E-state index contributed by atoms with van der Waals surface area (Å²) < 4.78 is 0. The molecule has 2 aliphatic rings. The average Bonchev–Trinajstić information content (AvgIpc) is 2.83. The Balaban J connectivity index is 0.00000144. The number of amides is 1. The summed E-state index contributed by atoms with van der Waals surface area (Å²) >= 11 is 0. The Bertz CT molecular complexity index is 262. The third kappa shape index (κ3) is 3.59.